The molecule has 6 nitrogen and oxygen atoms in total. The minimum Gasteiger partial charge on any atom is -0.457 e. The molecule has 0 bridgehead atoms. The molecule has 0 unspecified atom stereocenters. The lowest BCUT2D eigenvalue weighted by Crippen LogP contribution is -2.12. The van der Waals surface area contributed by atoms with E-state index in [1.54, 1.807) is 0 Å². The Kier molecular flexibility index (Phi) is 5.65. The van der Waals surface area contributed by atoms with E-state index in [1.807, 2.05) is 39.0 Å². The van der Waals surface area contributed by atoms with Crippen molar-refractivity contribution in [1.29, 1.82) is 0 Å². The van der Waals surface area contributed by atoms with Crippen LogP contribution in [-0.2, 0) is 22.6 Å². The van der Waals surface area contributed by atoms with Crippen LogP contribution in [0.2, 0.25) is 0 Å². The van der Waals surface area contributed by atoms with Crippen molar-refractivity contribution in [2.45, 2.75) is 40.7 Å². The van der Waals surface area contributed by atoms with Gasteiger partial charge in [0.15, 0.2) is 0 Å². The van der Waals surface area contributed by atoms with Crippen LogP contribution in [-0.4, -0.2) is 11.9 Å². The Morgan fingerprint density at radius 3 is 2.64 bits per heavy atom. The number of carbonyl (C=O) groups excluding carboxylic acids is 2. The Labute approximate surface area is 166 Å². The van der Waals surface area contributed by atoms with Gasteiger partial charge in [-0.25, -0.2) is 9.59 Å². The van der Waals surface area contributed by atoms with Gasteiger partial charge in [-0.15, -0.1) is 11.3 Å². The summed E-state index contributed by atoms with van der Waals surface area (Å²) in [6.07, 6.45) is 0.821. The molecule has 7 heteroatoms. The first kappa shape index (κ1) is 19.8. The number of carbonyl (C=O) groups is 2. The molecule has 1 N–H and O–H groups in total. The molecule has 1 amide bonds. The highest BCUT2D eigenvalue weighted by atomic mass is 32.1. The number of benzene rings is 1. The zero-order valence-electron chi connectivity index (χ0n) is 16.2. The van der Waals surface area contributed by atoms with Crippen molar-refractivity contribution in [3.8, 4) is 0 Å². The fourth-order valence-corrected chi connectivity index (χ4v) is 4.04. The van der Waals surface area contributed by atoms with Crippen LogP contribution < -0.4 is 10.9 Å². The fraction of sp³-hybridized carbons (Fsp3) is 0.286. The van der Waals surface area contributed by atoms with Gasteiger partial charge in [-0.05, 0) is 37.5 Å². The summed E-state index contributed by atoms with van der Waals surface area (Å²) in [5, 5.41) is 3.88. The first-order valence-corrected chi connectivity index (χ1v) is 9.72. The largest absolute Gasteiger partial charge is 0.457 e. The highest BCUT2D eigenvalue weighted by Gasteiger charge is 2.22. The van der Waals surface area contributed by atoms with Gasteiger partial charge in [0.2, 0.25) is 5.91 Å². The zero-order chi connectivity index (χ0) is 20.4. The number of nitrogens with one attached hydrogen (secondary N) is 1. The molecule has 0 saturated carbocycles. The molecule has 0 radical (unpaired) electrons. The Morgan fingerprint density at radius 1 is 1.21 bits per heavy atom. The smallest absolute Gasteiger partial charge is 0.341 e. The second-order valence-corrected chi connectivity index (χ2v) is 7.74. The Hall–Kier alpha value is -2.93. The summed E-state index contributed by atoms with van der Waals surface area (Å²) in [5.74, 6) is -0.800. The number of rotatable bonds is 5. The molecule has 2 aromatic heterocycles. The molecule has 146 valence electrons. The normalized spacial score (nSPS) is 10.9. The van der Waals surface area contributed by atoms with Crippen LogP contribution in [0.5, 0.6) is 0 Å². The molecule has 0 atom stereocenters. The molecular formula is C21H21NO5S. The van der Waals surface area contributed by atoms with Crippen molar-refractivity contribution in [3.05, 3.63) is 61.8 Å². The number of anilines is 1. The Balaban J connectivity index is 1.90. The topological polar surface area (TPSA) is 85.6 Å². The number of hydrogen-bond donors (Lipinski definition) is 1. The molecule has 3 rings (SSSR count). The lowest BCUT2D eigenvalue weighted by molar-refractivity contribution is -0.114. The van der Waals surface area contributed by atoms with Crippen molar-refractivity contribution in [2.75, 3.05) is 5.32 Å². The van der Waals surface area contributed by atoms with E-state index in [2.05, 4.69) is 5.32 Å². The van der Waals surface area contributed by atoms with Gasteiger partial charge in [-0.1, -0.05) is 19.1 Å². The zero-order valence-corrected chi connectivity index (χ0v) is 17.0. The molecule has 28 heavy (non-hydrogen) atoms. The summed E-state index contributed by atoms with van der Waals surface area (Å²) < 4.78 is 10.8. The first-order chi connectivity index (χ1) is 13.3. The number of fused-ring (bicyclic) bond motifs is 1. The second kappa shape index (κ2) is 7.98. The van der Waals surface area contributed by atoms with Gasteiger partial charge in [-0.2, -0.15) is 0 Å². The summed E-state index contributed by atoms with van der Waals surface area (Å²) in [6, 6.07) is 6.98. The maximum absolute atomic E-state index is 12.7. The highest BCUT2D eigenvalue weighted by Crippen LogP contribution is 2.33. The van der Waals surface area contributed by atoms with Crippen molar-refractivity contribution in [1.82, 2.24) is 0 Å². The van der Waals surface area contributed by atoms with Crippen molar-refractivity contribution < 1.29 is 18.7 Å². The van der Waals surface area contributed by atoms with E-state index < -0.39 is 11.6 Å². The predicted octanol–water partition coefficient (Wildman–Crippen LogP) is 4.35. The third-order valence-corrected chi connectivity index (χ3v) is 5.66. The molecular weight excluding hydrogens is 378 g/mol. The average Bonchev–Trinajstić information content (AvgIpc) is 2.91. The Bertz CT molecular complexity index is 1130. The van der Waals surface area contributed by atoms with Crippen LogP contribution in [0.15, 0.2) is 33.5 Å². The van der Waals surface area contributed by atoms with Crippen molar-refractivity contribution >= 4 is 39.2 Å². The Morgan fingerprint density at radius 2 is 1.96 bits per heavy atom. The van der Waals surface area contributed by atoms with Gasteiger partial charge < -0.3 is 14.5 Å². The number of aryl methyl sites for hydroxylation is 2. The number of thiophene rings is 1. The van der Waals surface area contributed by atoms with Crippen molar-refractivity contribution in [2.24, 2.45) is 0 Å². The summed E-state index contributed by atoms with van der Waals surface area (Å²) in [5.41, 5.74) is 2.72. The van der Waals surface area contributed by atoms with E-state index in [4.69, 9.17) is 9.15 Å². The van der Waals surface area contributed by atoms with Crippen LogP contribution in [0.4, 0.5) is 5.00 Å². The van der Waals surface area contributed by atoms with E-state index in [0.29, 0.717) is 21.7 Å². The number of ether oxygens (including phenoxy) is 1. The quantitative estimate of drug-likeness (QED) is 0.509. The summed E-state index contributed by atoms with van der Waals surface area (Å²) >= 11 is 1.33. The summed E-state index contributed by atoms with van der Waals surface area (Å²) in [7, 11) is 0. The van der Waals surface area contributed by atoms with Crippen molar-refractivity contribution in [3.63, 3.8) is 0 Å². The minimum atomic E-state index is -0.544. The number of esters is 1. The maximum atomic E-state index is 12.7. The molecule has 0 fully saturated rings. The van der Waals surface area contributed by atoms with E-state index >= 15 is 0 Å². The predicted molar refractivity (Wildman–Crippen MR) is 109 cm³/mol. The molecule has 1 aromatic carbocycles. The van der Waals surface area contributed by atoms with E-state index in [9.17, 15) is 14.4 Å². The minimum absolute atomic E-state index is 0.0692. The number of amides is 1. The third-order valence-electron chi connectivity index (χ3n) is 4.54. The van der Waals surface area contributed by atoms with Crippen LogP contribution in [0.3, 0.4) is 0 Å². The average molecular weight is 399 g/mol. The molecule has 0 aliphatic rings. The third kappa shape index (κ3) is 3.99. The highest BCUT2D eigenvalue weighted by molar-refractivity contribution is 7.16. The van der Waals surface area contributed by atoms with Gasteiger partial charge in [0.25, 0.3) is 0 Å². The molecule has 0 aliphatic carbocycles. The first-order valence-electron chi connectivity index (χ1n) is 8.90. The molecule has 0 aliphatic heterocycles. The van der Waals surface area contributed by atoms with E-state index in [0.717, 1.165) is 27.8 Å². The van der Waals surface area contributed by atoms with Gasteiger partial charge in [0, 0.05) is 28.8 Å². The fourth-order valence-electron chi connectivity index (χ4n) is 2.95. The van der Waals surface area contributed by atoms with E-state index in [1.165, 1.54) is 24.3 Å². The summed E-state index contributed by atoms with van der Waals surface area (Å²) in [6.45, 7) is 7.03. The van der Waals surface area contributed by atoms with E-state index in [-0.39, 0.29) is 12.5 Å². The molecule has 0 spiro atoms. The van der Waals surface area contributed by atoms with Crippen LogP contribution in [0.25, 0.3) is 11.0 Å². The lowest BCUT2D eigenvalue weighted by atomic mass is 10.1. The van der Waals surface area contributed by atoms with Gasteiger partial charge in [0.1, 0.15) is 17.2 Å². The van der Waals surface area contributed by atoms with Gasteiger partial charge in [0.05, 0.1) is 5.56 Å². The van der Waals surface area contributed by atoms with Crippen LogP contribution in [0, 0.1) is 13.8 Å². The summed E-state index contributed by atoms with van der Waals surface area (Å²) in [4.78, 5) is 37.0. The maximum Gasteiger partial charge on any atom is 0.341 e. The number of hydrogen-bond acceptors (Lipinski definition) is 6. The van der Waals surface area contributed by atoms with Crippen LogP contribution >= 0.6 is 11.3 Å². The molecule has 2 heterocycles. The van der Waals surface area contributed by atoms with Gasteiger partial charge >= 0.3 is 11.6 Å². The lowest BCUT2D eigenvalue weighted by Gasteiger charge is -2.09. The van der Waals surface area contributed by atoms with Crippen LogP contribution in [0.1, 0.15) is 45.8 Å². The SMILES string of the molecule is CCc1ccc2c(COC(=O)c3c(NC(C)=O)sc(C)c3C)cc(=O)oc2c1. The monoisotopic (exact) mass is 399 g/mol. The van der Waals surface area contributed by atoms with Gasteiger partial charge in [-0.3, -0.25) is 4.79 Å². The standard InChI is InChI=1S/C21H21NO5S/c1-5-14-6-7-16-15(9-18(24)27-17(16)8-14)10-26-21(25)19-11(2)12(3)28-20(19)22-13(4)23/h6-9H,5,10H2,1-4H3,(H,22,23). The molecule has 0 saturated heterocycles. The second-order valence-electron chi connectivity index (χ2n) is 6.52. The molecule has 3 aromatic rings.